The van der Waals surface area contributed by atoms with Crippen LogP contribution in [0.25, 0.3) is 0 Å². The van der Waals surface area contributed by atoms with Gasteiger partial charge in [0.2, 0.25) is 0 Å². The lowest BCUT2D eigenvalue weighted by atomic mass is 9.85. The van der Waals surface area contributed by atoms with E-state index >= 15 is 0 Å². The zero-order chi connectivity index (χ0) is 45.1. The van der Waals surface area contributed by atoms with E-state index in [0.717, 1.165) is 0 Å². The van der Waals surface area contributed by atoms with Crippen LogP contribution in [0.4, 0.5) is 132 Å². The molecule has 1 unspecified atom stereocenters. The van der Waals surface area contributed by atoms with Gasteiger partial charge in [-0.1, -0.05) is 6.58 Å². The van der Waals surface area contributed by atoms with E-state index in [1.807, 2.05) is 0 Å². The van der Waals surface area contributed by atoms with Crippen molar-refractivity contribution in [3.63, 3.8) is 0 Å². The highest BCUT2D eigenvalue weighted by atomic mass is 19.5. The van der Waals surface area contributed by atoms with E-state index in [4.69, 9.17) is 0 Å². The van der Waals surface area contributed by atoms with Gasteiger partial charge in [-0.2, -0.15) is 123 Å². The Kier molecular flexibility index (Phi) is 13.7. The molecule has 0 saturated carbocycles. The predicted octanol–water partition coefficient (Wildman–Crippen LogP) is 10.6. The number of carbonyl (C=O) groups excluding carboxylic acids is 1. The number of hydrogen-bond donors (Lipinski definition) is 0. The molecule has 0 aliphatic rings. The van der Waals surface area contributed by atoms with Crippen LogP contribution in [-0.2, 0) is 14.3 Å². The van der Waals surface area contributed by atoms with Gasteiger partial charge in [0, 0.05) is 12.5 Å². The summed E-state index contributed by atoms with van der Waals surface area (Å²) in [5.74, 6) is -68.9. The summed E-state index contributed by atoms with van der Waals surface area (Å²) in [5.41, 5.74) is -17.5. The van der Waals surface area contributed by atoms with Gasteiger partial charge in [-0.25, -0.2) is 13.6 Å². The van der Waals surface area contributed by atoms with E-state index < -0.39 is 122 Å². The van der Waals surface area contributed by atoms with Crippen molar-refractivity contribution in [3.05, 3.63) is 12.7 Å². The fourth-order valence-electron chi connectivity index (χ4n) is 3.65. The van der Waals surface area contributed by atoms with Gasteiger partial charge in [0.15, 0.2) is 0 Å². The molecule has 0 saturated heterocycles. The molecule has 0 spiro atoms. The molecule has 0 bridgehead atoms. The lowest BCUT2D eigenvalue weighted by molar-refractivity contribution is -0.458. The van der Waals surface area contributed by atoms with Crippen molar-refractivity contribution in [1.29, 1.82) is 0 Å². The van der Waals surface area contributed by atoms with Crippen molar-refractivity contribution >= 4 is 5.97 Å². The number of rotatable bonds is 17. The first-order valence-corrected chi connectivity index (χ1v) is 12.6. The second-order valence-corrected chi connectivity index (χ2v) is 10.5. The summed E-state index contributed by atoms with van der Waals surface area (Å²) in [6.45, 7) is -2.89. The van der Waals surface area contributed by atoms with E-state index in [0.29, 0.717) is 0 Å². The highest BCUT2D eigenvalue weighted by molar-refractivity contribution is 5.81. The summed E-state index contributed by atoms with van der Waals surface area (Å²) in [6.07, 6.45) is -44.6. The van der Waals surface area contributed by atoms with Crippen molar-refractivity contribution < 1.29 is 146 Å². The summed E-state index contributed by atoms with van der Waals surface area (Å²) in [5, 5.41) is 0. The SMILES string of the molecule is C=CC(=O)OC(COCCC(F)(F)C(F)(F)C(F)(F)C(F)(F)C(F)(C(F)(F)F)C(F)(F)F)CC(F)(F)C(F)(F)C(F)(F)C(F)(F)C(F)(C(F)(F)F)C(F)(F)F. The van der Waals surface area contributed by atoms with Gasteiger partial charge in [-0.15, -0.1) is 0 Å². The quantitative estimate of drug-likeness (QED) is 0.0632. The van der Waals surface area contributed by atoms with Gasteiger partial charge < -0.3 is 9.47 Å². The van der Waals surface area contributed by atoms with Gasteiger partial charge in [0.05, 0.1) is 19.6 Å². The largest absolute Gasteiger partial charge is 0.457 e. The maximum atomic E-state index is 14.3. The number of esters is 1. The molecule has 3 nitrogen and oxygen atoms in total. The number of alkyl halides is 30. The molecule has 0 aromatic rings. The third-order valence-electron chi connectivity index (χ3n) is 6.72. The fraction of sp³-hybridized carbons (Fsp3) is 0.864. The van der Waals surface area contributed by atoms with Crippen LogP contribution in [-0.4, -0.2) is 109 Å². The van der Waals surface area contributed by atoms with Crippen LogP contribution in [0, 0.1) is 0 Å². The van der Waals surface area contributed by atoms with E-state index in [1.54, 1.807) is 0 Å². The fourth-order valence-corrected chi connectivity index (χ4v) is 3.65. The van der Waals surface area contributed by atoms with Crippen molar-refractivity contribution in [2.45, 2.75) is 102 Å². The van der Waals surface area contributed by atoms with Crippen molar-refractivity contribution in [2.24, 2.45) is 0 Å². The van der Waals surface area contributed by atoms with Crippen LogP contribution in [0.1, 0.15) is 12.8 Å². The molecule has 0 amide bonds. The number of hydrogen-bond acceptors (Lipinski definition) is 3. The van der Waals surface area contributed by atoms with E-state index in [-0.39, 0.29) is 6.08 Å². The third kappa shape index (κ3) is 7.99. The molecule has 0 radical (unpaired) electrons. The van der Waals surface area contributed by atoms with Crippen LogP contribution in [0.15, 0.2) is 12.7 Å². The summed E-state index contributed by atoms with van der Waals surface area (Å²) < 4.78 is 408. The van der Waals surface area contributed by atoms with Gasteiger partial charge in [0.25, 0.3) is 0 Å². The zero-order valence-corrected chi connectivity index (χ0v) is 24.8. The molecule has 0 N–H and O–H groups in total. The molecule has 0 aromatic heterocycles. The monoisotopic (exact) mass is 894 g/mol. The second kappa shape index (κ2) is 14.5. The topological polar surface area (TPSA) is 35.5 Å². The van der Waals surface area contributed by atoms with E-state index in [2.05, 4.69) is 16.1 Å². The van der Waals surface area contributed by atoms with Crippen molar-refractivity contribution in [1.82, 2.24) is 0 Å². The maximum absolute atomic E-state index is 14.3. The molecule has 33 heteroatoms. The highest BCUT2D eigenvalue weighted by Gasteiger charge is 2.97. The van der Waals surface area contributed by atoms with Gasteiger partial charge in [-0.3, -0.25) is 0 Å². The minimum absolute atomic E-state index is 0.278. The molecule has 0 rings (SSSR count). The van der Waals surface area contributed by atoms with E-state index in [1.165, 1.54) is 0 Å². The highest BCUT2D eigenvalue weighted by Crippen LogP contribution is 2.66. The van der Waals surface area contributed by atoms with Crippen LogP contribution in [0.5, 0.6) is 0 Å². The normalized spacial score (nSPS) is 16.6. The van der Waals surface area contributed by atoms with Crippen LogP contribution >= 0.6 is 0 Å². The Hall–Kier alpha value is -2.93. The van der Waals surface area contributed by atoms with Gasteiger partial charge in [-0.05, 0) is 0 Å². The van der Waals surface area contributed by atoms with Crippen molar-refractivity contribution in [3.8, 4) is 0 Å². The Balaban J connectivity index is 6.66. The van der Waals surface area contributed by atoms with Crippen LogP contribution < -0.4 is 0 Å². The molecule has 0 aliphatic heterocycles. The first-order chi connectivity index (χ1) is 23.5. The zero-order valence-electron chi connectivity index (χ0n) is 24.8. The number of ether oxygens (including phenoxy) is 2. The summed E-state index contributed by atoms with van der Waals surface area (Å²) in [6, 6.07) is 0. The molecular weight excluding hydrogens is 882 g/mol. The Morgan fingerprint density at radius 1 is 0.455 bits per heavy atom. The number of halogens is 30. The lowest BCUT2D eigenvalue weighted by Gasteiger charge is -2.43. The second-order valence-electron chi connectivity index (χ2n) is 10.5. The van der Waals surface area contributed by atoms with Crippen molar-refractivity contribution in [2.75, 3.05) is 13.2 Å². The van der Waals surface area contributed by atoms with Crippen LogP contribution in [0.2, 0.25) is 0 Å². The average molecular weight is 894 g/mol. The molecule has 0 aliphatic carbocycles. The first-order valence-electron chi connectivity index (χ1n) is 12.6. The Labute approximate surface area is 281 Å². The molecule has 0 aromatic carbocycles. The van der Waals surface area contributed by atoms with E-state index in [9.17, 15) is 137 Å². The third-order valence-corrected chi connectivity index (χ3v) is 6.72. The van der Waals surface area contributed by atoms with Crippen LogP contribution in [0.3, 0.4) is 0 Å². The molecule has 0 fully saturated rings. The summed E-state index contributed by atoms with van der Waals surface area (Å²) in [7, 11) is 0. The first kappa shape index (κ1) is 52.1. The standard InChI is InChI=1S/C22H12F30O3/c1-2-8(53)55-7(5-10(25,26)14(31,32)18(39,40)16(35,36)12(28,21(47,48)49)22(50,51)52)6-54-4-3-9(23,24)13(29,30)17(37,38)15(33,34)11(27,19(41,42)43)20(44,45)46/h2,7H,1,3-6H2. The molecule has 55 heavy (non-hydrogen) atoms. The van der Waals surface area contributed by atoms with Gasteiger partial charge in [0.1, 0.15) is 6.10 Å². The Bertz CT molecular complexity index is 1320. The minimum Gasteiger partial charge on any atom is -0.457 e. The molecule has 0 heterocycles. The average Bonchev–Trinajstić information content (AvgIpc) is 2.94. The maximum Gasteiger partial charge on any atom is 0.438 e. The molecule has 1 atom stereocenters. The van der Waals surface area contributed by atoms with Gasteiger partial charge >= 0.3 is 89.4 Å². The molecule has 328 valence electrons. The smallest absolute Gasteiger partial charge is 0.438 e. The Morgan fingerprint density at radius 2 is 0.745 bits per heavy atom. The molecular formula is C22H12F30O3. The minimum atomic E-state index is -8.97. The summed E-state index contributed by atoms with van der Waals surface area (Å²) >= 11 is 0. The summed E-state index contributed by atoms with van der Waals surface area (Å²) in [4.78, 5) is 11.3. The lowest BCUT2D eigenvalue weighted by Crippen LogP contribution is -2.75. The number of carbonyl (C=O) groups is 1. The predicted molar refractivity (Wildman–Crippen MR) is 112 cm³/mol. The Morgan fingerprint density at radius 3 is 1.02 bits per heavy atom.